The van der Waals surface area contributed by atoms with Crippen molar-refractivity contribution in [3.63, 3.8) is 0 Å². The van der Waals surface area contributed by atoms with Crippen molar-refractivity contribution in [1.82, 2.24) is 0 Å². The van der Waals surface area contributed by atoms with E-state index in [2.05, 4.69) is 25.7 Å². The molecular formula is C14H23FN2. The molecule has 1 unspecified atom stereocenters. The summed E-state index contributed by atoms with van der Waals surface area (Å²) in [4.78, 5) is 2.13. The van der Waals surface area contributed by atoms with Crippen molar-refractivity contribution in [2.24, 2.45) is 11.1 Å². The number of likely N-dealkylation sites (N-methyl/N-ethyl adjacent to an activating group) is 1. The second kappa shape index (κ2) is 5.50. The van der Waals surface area contributed by atoms with E-state index in [-0.39, 0.29) is 17.3 Å². The fourth-order valence-electron chi connectivity index (χ4n) is 1.97. The molecule has 1 aromatic carbocycles. The summed E-state index contributed by atoms with van der Waals surface area (Å²) in [5.74, 6) is -0.206. The van der Waals surface area contributed by atoms with E-state index < -0.39 is 0 Å². The summed E-state index contributed by atoms with van der Waals surface area (Å²) >= 11 is 0. The van der Waals surface area contributed by atoms with Gasteiger partial charge in [-0.15, -0.1) is 0 Å². The number of anilines is 1. The fourth-order valence-corrected chi connectivity index (χ4v) is 1.97. The molecule has 0 aliphatic rings. The number of nitrogens with zero attached hydrogens (tertiary/aromatic N) is 1. The molecule has 0 saturated heterocycles. The molecule has 96 valence electrons. The van der Waals surface area contributed by atoms with E-state index in [0.29, 0.717) is 6.54 Å². The van der Waals surface area contributed by atoms with E-state index in [4.69, 9.17) is 5.73 Å². The molecule has 0 fully saturated rings. The van der Waals surface area contributed by atoms with Crippen LogP contribution >= 0.6 is 0 Å². The third-order valence-corrected chi connectivity index (χ3v) is 2.90. The van der Waals surface area contributed by atoms with Crippen LogP contribution < -0.4 is 10.6 Å². The summed E-state index contributed by atoms with van der Waals surface area (Å²) in [6, 6.07) is 6.83. The lowest BCUT2D eigenvalue weighted by atomic mass is 9.87. The highest BCUT2D eigenvalue weighted by molar-refractivity contribution is 5.46. The van der Waals surface area contributed by atoms with E-state index >= 15 is 0 Å². The first kappa shape index (κ1) is 14.0. The molecule has 0 saturated carbocycles. The molecule has 1 rings (SSSR count). The fraction of sp³-hybridized carbons (Fsp3) is 0.571. The van der Waals surface area contributed by atoms with Gasteiger partial charge in [0.1, 0.15) is 5.82 Å². The highest BCUT2D eigenvalue weighted by Crippen LogP contribution is 2.25. The number of hydrogen-bond acceptors (Lipinski definition) is 2. The minimum atomic E-state index is -0.206. The van der Waals surface area contributed by atoms with Crippen molar-refractivity contribution in [2.75, 3.05) is 18.5 Å². The predicted molar refractivity (Wildman–Crippen MR) is 71.7 cm³/mol. The quantitative estimate of drug-likeness (QED) is 0.873. The van der Waals surface area contributed by atoms with Crippen molar-refractivity contribution >= 4 is 5.69 Å². The van der Waals surface area contributed by atoms with Crippen molar-refractivity contribution in [3.05, 3.63) is 30.1 Å². The van der Waals surface area contributed by atoms with Crippen LogP contribution in [0.4, 0.5) is 10.1 Å². The van der Waals surface area contributed by atoms with Crippen LogP contribution in [0.2, 0.25) is 0 Å². The number of halogens is 1. The average Bonchev–Trinajstić information content (AvgIpc) is 2.25. The minimum absolute atomic E-state index is 0.206. The summed E-state index contributed by atoms with van der Waals surface area (Å²) < 4.78 is 12.9. The van der Waals surface area contributed by atoms with Gasteiger partial charge in [0.25, 0.3) is 0 Å². The Kier molecular flexibility index (Phi) is 4.52. The maximum absolute atomic E-state index is 12.9. The molecule has 2 nitrogen and oxygen atoms in total. The average molecular weight is 238 g/mol. The molecule has 1 atom stereocenters. The van der Waals surface area contributed by atoms with Crippen LogP contribution in [-0.2, 0) is 0 Å². The molecular weight excluding hydrogens is 215 g/mol. The van der Waals surface area contributed by atoms with E-state index in [9.17, 15) is 4.39 Å². The molecule has 0 aromatic heterocycles. The van der Waals surface area contributed by atoms with Crippen molar-refractivity contribution in [1.29, 1.82) is 0 Å². The van der Waals surface area contributed by atoms with Crippen LogP contribution in [0.3, 0.4) is 0 Å². The Morgan fingerprint density at radius 3 is 2.18 bits per heavy atom. The molecule has 0 bridgehead atoms. The zero-order valence-corrected chi connectivity index (χ0v) is 11.2. The summed E-state index contributed by atoms with van der Waals surface area (Å²) in [5, 5.41) is 0. The standard InChI is InChI=1S/C14H23FN2/c1-14(2,3)9-13(10-16)17(4)12-7-5-11(15)6-8-12/h5-8,13H,9-10,16H2,1-4H3. The van der Waals surface area contributed by atoms with Crippen molar-refractivity contribution in [3.8, 4) is 0 Å². The van der Waals surface area contributed by atoms with Crippen molar-refractivity contribution in [2.45, 2.75) is 33.2 Å². The van der Waals surface area contributed by atoms with Crippen LogP contribution in [0.15, 0.2) is 24.3 Å². The normalized spacial score (nSPS) is 13.5. The monoisotopic (exact) mass is 238 g/mol. The zero-order chi connectivity index (χ0) is 13.1. The van der Waals surface area contributed by atoms with Gasteiger partial charge < -0.3 is 10.6 Å². The van der Waals surface area contributed by atoms with E-state index in [1.165, 1.54) is 12.1 Å². The van der Waals surface area contributed by atoms with Gasteiger partial charge >= 0.3 is 0 Å². The molecule has 0 aliphatic carbocycles. The minimum Gasteiger partial charge on any atom is -0.370 e. The topological polar surface area (TPSA) is 29.3 Å². The Labute approximate surface area is 104 Å². The molecule has 0 spiro atoms. The van der Waals surface area contributed by atoms with Crippen LogP contribution in [0.25, 0.3) is 0 Å². The first-order chi connectivity index (χ1) is 7.83. The molecule has 17 heavy (non-hydrogen) atoms. The summed E-state index contributed by atoms with van der Waals surface area (Å²) in [6.07, 6.45) is 1.01. The first-order valence-corrected chi connectivity index (χ1v) is 6.02. The SMILES string of the molecule is CN(c1ccc(F)cc1)C(CN)CC(C)(C)C. The van der Waals surface area contributed by atoms with Gasteiger partial charge in [0.2, 0.25) is 0 Å². The maximum atomic E-state index is 12.9. The van der Waals surface area contributed by atoms with Gasteiger partial charge in [0, 0.05) is 25.3 Å². The Morgan fingerprint density at radius 1 is 1.24 bits per heavy atom. The number of hydrogen-bond donors (Lipinski definition) is 1. The van der Waals surface area contributed by atoms with Gasteiger partial charge in [0.05, 0.1) is 0 Å². The Hall–Kier alpha value is -1.09. The van der Waals surface area contributed by atoms with Crippen LogP contribution in [0, 0.1) is 11.2 Å². The smallest absolute Gasteiger partial charge is 0.123 e. The lowest BCUT2D eigenvalue weighted by Gasteiger charge is -2.34. The third kappa shape index (κ3) is 4.35. The van der Waals surface area contributed by atoms with Gasteiger partial charge in [0.15, 0.2) is 0 Å². The molecule has 0 aliphatic heterocycles. The molecule has 0 radical (unpaired) electrons. The second-order valence-electron chi connectivity index (χ2n) is 5.74. The molecule has 1 aromatic rings. The van der Waals surface area contributed by atoms with Gasteiger partial charge in [-0.1, -0.05) is 20.8 Å². The van der Waals surface area contributed by atoms with E-state index in [0.717, 1.165) is 12.1 Å². The third-order valence-electron chi connectivity index (χ3n) is 2.90. The molecule has 0 heterocycles. The largest absolute Gasteiger partial charge is 0.370 e. The predicted octanol–water partition coefficient (Wildman–Crippen LogP) is 3.03. The summed E-state index contributed by atoms with van der Waals surface area (Å²) in [6.45, 7) is 7.21. The lowest BCUT2D eigenvalue weighted by Crippen LogP contribution is -2.40. The van der Waals surface area contributed by atoms with Gasteiger partial charge in [-0.25, -0.2) is 4.39 Å². The van der Waals surface area contributed by atoms with Crippen LogP contribution in [-0.4, -0.2) is 19.6 Å². The summed E-state index contributed by atoms with van der Waals surface area (Å²) in [5.41, 5.74) is 7.07. The molecule has 2 N–H and O–H groups in total. The Bertz CT molecular complexity index is 340. The van der Waals surface area contributed by atoms with Crippen molar-refractivity contribution < 1.29 is 4.39 Å². The zero-order valence-electron chi connectivity index (χ0n) is 11.2. The first-order valence-electron chi connectivity index (χ1n) is 6.02. The molecule has 0 amide bonds. The second-order valence-corrected chi connectivity index (χ2v) is 5.74. The number of benzene rings is 1. The maximum Gasteiger partial charge on any atom is 0.123 e. The Morgan fingerprint density at radius 2 is 1.76 bits per heavy atom. The Balaban J connectivity index is 2.78. The highest BCUT2D eigenvalue weighted by atomic mass is 19.1. The van der Waals surface area contributed by atoms with Gasteiger partial charge in [-0.2, -0.15) is 0 Å². The van der Waals surface area contributed by atoms with Crippen LogP contribution in [0.1, 0.15) is 27.2 Å². The van der Waals surface area contributed by atoms with Crippen LogP contribution in [0.5, 0.6) is 0 Å². The van der Waals surface area contributed by atoms with Gasteiger partial charge in [-0.3, -0.25) is 0 Å². The molecule has 3 heteroatoms. The highest BCUT2D eigenvalue weighted by Gasteiger charge is 2.21. The van der Waals surface area contributed by atoms with E-state index in [1.807, 2.05) is 7.05 Å². The van der Waals surface area contributed by atoms with E-state index in [1.54, 1.807) is 12.1 Å². The number of nitrogens with two attached hydrogens (primary N) is 1. The van der Waals surface area contributed by atoms with Gasteiger partial charge in [-0.05, 0) is 36.1 Å². The number of rotatable bonds is 4. The lowest BCUT2D eigenvalue weighted by molar-refractivity contribution is 0.336. The summed E-state index contributed by atoms with van der Waals surface area (Å²) in [7, 11) is 2.01.